The topological polar surface area (TPSA) is 66.6 Å². The first-order valence-electron chi connectivity index (χ1n) is 8.04. The maximum atomic E-state index is 12.8. The number of hydrogen-bond acceptors (Lipinski definition) is 3. The van der Waals surface area contributed by atoms with Crippen molar-refractivity contribution in [3.05, 3.63) is 35.9 Å². The second-order valence-corrected chi connectivity index (χ2v) is 8.52. The first-order chi connectivity index (χ1) is 10.5. The van der Waals surface area contributed by atoms with Crippen molar-refractivity contribution in [1.82, 2.24) is 8.61 Å². The van der Waals surface area contributed by atoms with Crippen molar-refractivity contribution in [1.29, 1.82) is 0 Å². The van der Waals surface area contributed by atoms with Crippen LogP contribution in [0.15, 0.2) is 30.3 Å². The molecule has 0 unspecified atom stereocenters. The van der Waals surface area contributed by atoms with E-state index in [1.54, 1.807) is 8.61 Å². The third kappa shape index (κ3) is 3.06. The number of rotatable bonds is 3. The van der Waals surface area contributed by atoms with E-state index >= 15 is 0 Å². The molecular formula is C16H25N3O2S. The smallest absolute Gasteiger partial charge is 0.282 e. The minimum Gasteiger partial charge on any atom is -0.326 e. The molecule has 3 rings (SSSR count). The van der Waals surface area contributed by atoms with Gasteiger partial charge in [0.1, 0.15) is 0 Å². The molecule has 122 valence electrons. The van der Waals surface area contributed by atoms with E-state index < -0.39 is 10.2 Å². The summed E-state index contributed by atoms with van der Waals surface area (Å²) in [5.41, 5.74) is 7.35. The Hall–Kier alpha value is -0.950. The maximum Gasteiger partial charge on any atom is 0.282 e. The van der Waals surface area contributed by atoms with E-state index in [-0.39, 0.29) is 12.0 Å². The van der Waals surface area contributed by atoms with E-state index in [4.69, 9.17) is 5.73 Å². The van der Waals surface area contributed by atoms with Gasteiger partial charge in [-0.15, -0.1) is 0 Å². The Bertz CT molecular complexity index is 597. The van der Waals surface area contributed by atoms with Gasteiger partial charge in [-0.25, -0.2) is 0 Å². The van der Waals surface area contributed by atoms with Gasteiger partial charge >= 0.3 is 0 Å². The summed E-state index contributed by atoms with van der Waals surface area (Å²) in [6.45, 7) is 4.34. The molecule has 22 heavy (non-hydrogen) atoms. The van der Waals surface area contributed by atoms with Gasteiger partial charge in [0.05, 0.1) is 0 Å². The predicted octanol–water partition coefficient (Wildman–Crippen LogP) is 1.39. The fourth-order valence-electron chi connectivity index (χ4n) is 3.41. The summed E-state index contributed by atoms with van der Waals surface area (Å²) in [4.78, 5) is 0. The fraction of sp³-hybridized carbons (Fsp3) is 0.625. The van der Waals surface area contributed by atoms with Gasteiger partial charge in [0.25, 0.3) is 10.2 Å². The predicted molar refractivity (Wildman–Crippen MR) is 87.6 cm³/mol. The molecule has 1 aromatic rings. The van der Waals surface area contributed by atoms with Crippen LogP contribution in [-0.4, -0.2) is 49.2 Å². The molecular weight excluding hydrogens is 298 g/mol. The molecule has 0 radical (unpaired) electrons. The molecule has 0 spiro atoms. The monoisotopic (exact) mass is 323 g/mol. The van der Waals surface area contributed by atoms with Crippen molar-refractivity contribution in [2.45, 2.75) is 31.7 Å². The van der Waals surface area contributed by atoms with Crippen LogP contribution < -0.4 is 5.73 Å². The molecule has 2 heterocycles. The maximum absolute atomic E-state index is 12.8. The molecule has 2 aliphatic rings. The summed E-state index contributed by atoms with van der Waals surface area (Å²) in [6, 6.07) is 9.84. The second-order valence-electron chi connectivity index (χ2n) is 6.59. The van der Waals surface area contributed by atoms with Crippen LogP contribution in [0.25, 0.3) is 0 Å². The van der Waals surface area contributed by atoms with Gasteiger partial charge in [-0.2, -0.15) is 17.0 Å². The van der Waals surface area contributed by atoms with Gasteiger partial charge in [-0.05, 0) is 24.3 Å². The van der Waals surface area contributed by atoms with Crippen molar-refractivity contribution in [3.8, 4) is 0 Å². The number of benzene rings is 1. The summed E-state index contributed by atoms with van der Waals surface area (Å²) in [5.74, 6) is 0.698. The van der Waals surface area contributed by atoms with E-state index in [9.17, 15) is 8.42 Å². The normalized spacial score (nSPS) is 29.0. The van der Waals surface area contributed by atoms with E-state index in [0.29, 0.717) is 32.1 Å². The van der Waals surface area contributed by atoms with Gasteiger partial charge in [-0.1, -0.05) is 37.3 Å². The Morgan fingerprint density at radius 3 is 2.32 bits per heavy atom. The molecule has 0 saturated carbocycles. The fourth-order valence-corrected chi connectivity index (χ4v) is 5.12. The van der Waals surface area contributed by atoms with Crippen LogP contribution in [0.5, 0.6) is 0 Å². The lowest BCUT2D eigenvalue weighted by Crippen LogP contribution is -2.46. The van der Waals surface area contributed by atoms with E-state index in [1.807, 2.05) is 30.3 Å². The average Bonchev–Trinajstić information content (AvgIpc) is 2.91. The average molecular weight is 323 g/mol. The molecule has 2 atom stereocenters. The molecule has 2 aliphatic heterocycles. The highest BCUT2D eigenvalue weighted by molar-refractivity contribution is 7.86. The molecule has 6 heteroatoms. The first kappa shape index (κ1) is 15.9. The third-order valence-electron chi connectivity index (χ3n) is 4.95. The van der Waals surface area contributed by atoms with Crippen molar-refractivity contribution < 1.29 is 8.42 Å². The number of hydrogen-bond donors (Lipinski definition) is 1. The van der Waals surface area contributed by atoms with Gasteiger partial charge in [-0.3, -0.25) is 0 Å². The van der Waals surface area contributed by atoms with Crippen LogP contribution in [0.1, 0.15) is 31.2 Å². The van der Waals surface area contributed by atoms with E-state index in [0.717, 1.165) is 18.4 Å². The van der Waals surface area contributed by atoms with Crippen molar-refractivity contribution >= 4 is 10.2 Å². The Labute approximate surface area is 133 Å². The van der Waals surface area contributed by atoms with Crippen LogP contribution in [0, 0.1) is 5.92 Å². The highest BCUT2D eigenvalue weighted by Gasteiger charge is 2.40. The summed E-state index contributed by atoms with van der Waals surface area (Å²) >= 11 is 0. The zero-order chi connectivity index (χ0) is 15.7. The van der Waals surface area contributed by atoms with Crippen molar-refractivity contribution in [2.75, 3.05) is 26.2 Å². The van der Waals surface area contributed by atoms with Crippen LogP contribution >= 0.6 is 0 Å². The SMILES string of the molecule is CC1CCN(S(=O)(=O)N2C[C@@H](N)[C@H](c3ccccc3)C2)CC1. The Balaban J connectivity index is 1.73. The largest absolute Gasteiger partial charge is 0.326 e. The van der Waals surface area contributed by atoms with Crippen LogP contribution in [0.3, 0.4) is 0 Å². The highest BCUT2D eigenvalue weighted by atomic mass is 32.2. The van der Waals surface area contributed by atoms with E-state index in [2.05, 4.69) is 6.92 Å². The Morgan fingerprint density at radius 1 is 1.05 bits per heavy atom. The van der Waals surface area contributed by atoms with Gasteiger partial charge in [0.15, 0.2) is 0 Å². The molecule has 5 nitrogen and oxygen atoms in total. The second kappa shape index (κ2) is 6.28. The lowest BCUT2D eigenvalue weighted by Gasteiger charge is -2.32. The lowest BCUT2D eigenvalue weighted by atomic mass is 9.95. The minimum atomic E-state index is -3.37. The summed E-state index contributed by atoms with van der Waals surface area (Å²) in [6.07, 6.45) is 1.89. The summed E-state index contributed by atoms with van der Waals surface area (Å²) in [5, 5.41) is 0. The number of nitrogens with zero attached hydrogens (tertiary/aromatic N) is 2. The van der Waals surface area contributed by atoms with Crippen LogP contribution in [0.4, 0.5) is 0 Å². The van der Waals surface area contributed by atoms with Crippen LogP contribution in [-0.2, 0) is 10.2 Å². The Morgan fingerprint density at radius 2 is 1.68 bits per heavy atom. The van der Waals surface area contributed by atoms with Crippen LogP contribution in [0.2, 0.25) is 0 Å². The first-order valence-corrected chi connectivity index (χ1v) is 9.44. The summed E-state index contributed by atoms with van der Waals surface area (Å²) in [7, 11) is -3.37. The zero-order valence-corrected chi connectivity index (χ0v) is 13.9. The molecule has 0 amide bonds. The number of nitrogens with two attached hydrogens (primary N) is 1. The standard InChI is InChI=1S/C16H25N3O2S/c1-13-7-9-18(10-8-13)22(20,21)19-11-15(16(17)12-19)14-5-3-2-4-6-14/h2-6,13,15-16H,7-12,17H2,1H3/t15-,16+/m0/s1. The van der Waals surface area contributed by atoms with Gasteiger partial charge in [0, 0.05) is 38.1 Å². The lowest BCUT2D eigenvalue weighted by molar-refractivity contribution is 0.270. The van der Waals surface area contributed by atoms with Crippen molar-refractivity contribution in [2.24, 2.45) is 11.7 Å². The third-order valence-corrected chi connectivity index (χ3v) is 6.92. The Kier molecular flexibility index (Phi) is 4.54. The molecule has 0 aliphatic carbocycles. The molecule has 0 bridgehead atoms. The van der Waals surface area contributed by atoms with E-state index in [1.165, 1.54) is 0 Å². The molecule has 1 aromatic carbocycles. The number of piperidine rings is 1. The zero-order valence-electron chi connectivity index (χ0n) is 13.1. The van der Waals surface area contributed by atoms with Crippen molar-refractivity contribution in [3.63, 3.8) is 0 Å². The molecule has 2 N–H and O–H groups in total. The molecule has 0 aromatic heterocycles. The summed E-state index contributed by atoms with van der Waals surface area (Å²) < 4.78 is 28.8. The quantitative estimate of drug-likeness (QED) is 0.914. The molecule has 2 fully saturated rings. The van der Waals surface area contributed by atoms with Gasteiger partial charge < -0.3 is 5.73 Å². The minimum absolute atomic E-state index is 0.0830. The highest BCUT2D eigenvalue weighted by Crippen LogP contribution is 2.30. The van der Waals surface area contributed by atoms with Gasteiger partial charge in [0.2, 0.25) is 0 Å². The molecule has 2 saturated heterocycles.